The van der Waals surface area contributed by atoms with Gasteiger partial charge in [0.1, 0.15) is 6.04 Å². The minimum absolute atomic E-state index is 0.0958. The van der Waals surface area contributed by atoms with Crippen molar-refractivity contribution < 1.29 is 9.32 Å². The fraction of sp³-hybridized carbons (Fsp3) is 0.500. The fourth-order valence-corrected chi connectivity index (χ4v) is 2.20. The van der Waals surface area contributed by atoms with E-state index in [0.717, 1.165) is 12.0 Å². The van der Waals surface area contributed by atoms with Crippen molar-refractivity contribution in [3.8, 4) is 11.4 Å². The van der Waals surface area contributed by atoms with Gasteiger partial charge in [0.15, 0.2) is 0 Å². The second-order valence-electron chi connectivity index (χ2n) is 5.82. The number of nitrogens with zero attached hydrogens (tertiary/aromatic N) is 3. The first kappa shape index (κ1) is 17.1. The third-order valence-electron chi connectivity index (χ3n) is 3.55. The van der Waals surface area contributed by atoms with E-state index in [1.807, 2.05) is 20.8 Å². The smallest absolute Gasteiger partial charge is 0.249 e. The summed E-state index contributed by atoms with van der Waals surface area (Å²) in [6.07, 6.45) is 4.82. The standard InChI is InChI=1S/C16H23N5O2/c1-4-5-12(17)15(22)19-13(10(2)3)16-20-14(21-23-16)11-6-8-18-9-7-11/h6-10,12-13H,4-5,17H2,1-3H3,(H,19,22). The molecule has 3 N–H and O–H groups in total. The highest BCUT2D eigenvalue weighted by molar-refractivity contribution is 5.81. The molecule has 124 valence electrons. The van der Waals surface area contributed by atoms with Crippen LogP contribution in [0.1, 0.15) is 45.5 Å². The number of hydrogen-bond acceptors (Lipinski definition) is 6. The van der Waals surface area contributed by atoms with E-state index in [9.17, 15) is 4.79 Å². The quantitative estimate of drug-likeness (QED) is 0.809. The fourth-order valence-electron chi connectivity index (χ4n) is 2.20. The van der Waals surface area contributed by atoms with Crippen LogP contribution in [-0.2, 0) is 4.79 Å². The Balaban J connectivity index is 2.16. The molecule has 2 rings (SSSR count). The van der Waals surface area contributed by atoms with Gasteiger partial charge in [-0.05, 0) is 24.5 Å². The SMILES string of the molecule is CCCC(N)C(=O)NC(c1nc(-c2ccncc2)no1)C(C)C. The largest absolute Gasteiger partial charge is 0.343 e. The number of rotatable bonds is 7. The first-order chi connectivity index (χ1) is 11.0. The molecule has 7 nitrogen and oxygen atoms in total. The predicted molar refractivity (Wildman–Crippen MR) is 86.1 cm³/mol. The molecule has 0 radical (unpaired) electrons. The molecule has 0 saturated carbocycles. The molecule has 2 heterocycles. The van der Waals surface area contributed by atoms with Crippen LogP contribution in [-0.4, -0.2) is 27.1 Å². The highest BCUT2D eigenvalue weighted by Gasteiger charge is 2.26. The topological polar surface area (TPSA) is 107 Å². The maximum atomic E-state index is 12.2. The van der Waals surface area contributed by atoms with Crippen molar-refractivity contribution in [1.29, 1.82) is 0 Å². The third kappa shape index (κ3) is 4.35. The van der Waals surface area contributed by atoms with Gasteiger partial charge in [0.25, 0.3) is 0 Å². The Kier molecular flexibility index (Phi) is 5.81. The molecule has 7 heteroatoms. The molecular weight excluding hydrogens is 294 g/mol. The van der Waals surface area contributed by atoms with Crippen LogP contribution in [0.3, 0.4) is 0 Å². The highest BCUT2D eigenvalue weighted by Crippen LogP contribution is 2.23. The maximum Gasteiger partial charge on any atom is 0.249 e. The summed E-state index contributed by atoms with van der Waals surface area (Å²) >= 11 is 0. The monoisotopic (exact) mass is 317 g/mol. The molecule has 1 amide bonds. The van der Waals surface area contributed by atoms with Gasteiger partial charge in [0, 0.05) is 18.0 Å². The average molecular weight is 317 g/mol. The van der Waals surface area contributed by atoms with Crippen LogP contribution in [0.4, 0.5) is 0 Å². The molecule has 2 aromatic rings. The van der Waals surface area contributed by atoms with Crippen molar-refractivity contribution in [1.82, 2.24) is 20.4 Å². The summed E-state index contributed by atoms with van der Waals surface area (Å²) in [4.78, 5) is 20.5. The normalized spacial score (nSPS) is 13.8. The molecule has 23 heavy (non-hydrogen) atoms. The number of pyridine rings is 1. The summed E-state index contributed by atoms with van der Waals surface area (Å²) in [5.74, 6) is 0.747. The molecule has 0 fully saturated rings. The van der Waals surface area contributed by atoms with E-state index in [-0.39, 0.29) is 17.9 Å². The molecule has 0 spiro atoms. The Bertz CT molecular complexity index is 626. The van der Waals surface area contributed by atoms with E-state index in [1.165, 1.54) is 0 Å². The molecule has 0 aliphatic rings. The number of carbonyl (C=O) groups excluding carboxylic acids is 1. The van der Waals surface area contributed by atoms with Crippen LogP contribution in [0, 0.1) is 5.92 Å². The summed E-state index contributed by atoms with van der Waals surface area (Å²) in [5, 5.41) is 6.89. The number of hydrogen-bond donors (Lipinski definition) is 2. The summed E-state index contributed by atoms with van der Waals surface area (Å²) in [6, 6.07) is 2.71. The van der Waals surface area contributed by atoms with E-state index >= 15 is 0 Å². The zero-order chi connectivity index (χ0) is 16.8. The Morgan fingerprint density at radius 3 is 2.65 bits per heavy atom. The van der Waals surface area contributed by atoms with Crippen LogP contribution in [0.15, 0.2) is 29.0 Å². The molecule has 0 aliphatic carbocycles. The van der Waals surface area contributed by atoms with Crippen LogP contribution < -0.4 is 11.1 Å². The molecule has 2 unspecified atom stereocenters. The van der Waals surface area contributed by atoms with Crippen LogP contribution in [0.5, 0.6) is 0 Å². The van der Waals surface area contributed by atoms with Gasteiger partial charge in [-0.15, -0.1) is 0 Å². The number of amides is 1. The van der Waals surface area contributed by atoms with Gasteiger partial charge in [-0.25, -0.2) is 0 Å². The summed E-state index contributed by atoms with van der Waals surface area (Å²) in [6.45, 7) is 5.95. The van der Waals surface area contributed by atoms with Crippen molar-refractivity contribution >= 4 is 5.91 Å². The van der Waals surface area contributed by atoms with Crippen molar-refractivity contribution in [2.75, 3.05) is 0 Å². The Morgan fingerprint density at radius 2 is 2.04 bits per heavy atom. The zero-order valence-electron chi connectivity index (χ0n) is 13.7. The lowest BCUT2D eigenvalue weighted by Crippen LogP contribution is -2.43. The van der Waals surface area contributed by atoms with Crippen molar-refractivity contribution in [2.24, 2.45) is 11.7 Å². The number of aromatic nitrogens is 3. The van der Waals surface area contributed by atoms with E-state index < -0.39 is 6.04 Å². The molecule has 0 aliphatic heterocycles. The molecular formula is C16H23N5O2. The first-order valence-electron chi connectivity index (χ1n) is 7.82. The van der Waals surface area contributed by atoms with Crippen LogP contribution in [0.2, 0.25) is 0 Å². The summed E-state index contributed by atoms with van der Waals surface area (Å²) in [5.41, 5.74) is 6.68. The third-order valence-corrected chi connectivity index (χ3v) is 3.55. The zero-order valence-corrected chi connectivity index (χ0v) is 13.7. The second-order valence-corrected chi connectivity index (χ2v) is 5.82. The lowest BCUT2D eigenvalue weighted by molar-refractivity contribution is -0.123. The second kappa shape index (κ2) is 7.82. The van der Waals surface area contributed by atoms with Gasteiger partial charge < -0.3 is 15.6 Å². The Morgan fingerprint density at radius 1 is 1.35 bits per heavy atom. The summed E-state index contributed by atoms with van der Waals surface area (Å²) < 4.78 is 5.35. The van der Waals surface area contributed by atoms with Gasteiger partial charge in [-0.2, -0.15) is 4.98 Å². The van der Waals surface area contributed by atoms with Crippen molar-refractivity contribution in [3.63, 3.8) is 0 Å². The van der Waals surface area contributed by atoms with Crippen LogP contribution >= 0.6 is 0 Å². The number of nitrogens with one attached hydrogen (secondary N) is 1. The average Bonchev–Trinajstić information content (AvgIpc) is 3.02. The highest BCUT2D eigenvalue weighted by atomic mass is 16.5. The van der Waals surface area contributed by atoms with Gasteiger partial charge in [-0.3, -0.25) is 9.78 Å². The van der Waals surface area contributed by atoms with E-state index in [4.69, 9.17) is 10.3 Å². The minimum Gasteiger partial charge on any atom is -0.343 e. The molecule has 2 aromatic heterocycles. The van der Waals surface area contributed by atoms with Gasteiger partial charge in [0.2, 0.25) is 17.6 Å². The molecule has 0 saturated heterocycles. The van der Waals surface area contributed by atoms with E-state index in [2.05, 4.69) is 20.4 Å². The van der Waals surface area contributed by atoms with Gasteiger partial charge in [0.05, 0.1) is 6.04 Å². The van der Waals surface area contributed by atoms with E-state index in [0.29, 0.717) is 18.1 Å². The Hall–Kier alpha value is -2.28. The van der Waals surface area contributed by atoms with Crippen molar-refractivity contribution in [2.45, 2.75) is 45.7 Å². The Labute approximate surface area is 135 Å². The maximum absolute atomic E-state index is 12.2. The minimum atomic E-state index is -0.524. The van der Waals surface area contributed by atoms with Gasteiger partial charge >= 0.3 is 0 Å². The summed E-state index contributed by atoms with van der Waals surface area (Å²) in [7, 11) is 0. The van der Waals surface area contributed by atoms with E-state index in [1.54, 1.807) is 24.5 Å². The molecule has 2 atom stereocenters. The number of nitrogens with two attached hydrogens (primary N) is 1. The van der Waals surface area contributed by atoms with Crippen molar-refractivity contribution in [3.05, 3.63) is 30.4 Å². The van der Waals surface area contributed by atoms with Crippen LogP contribution in [0.25, 0.3) is 11.4 Å². The lowest BCUT2D eigenvalue weighted by atomic mass is 10.0. The molecule has 0 aromatic carbocycles. The number of carbonyl (C=O) groups is 1. The first-order valence-corrected chi connectivity index (χ1v) is 7.82. The molecule has 0 bridgehead atoms. The van der Waals surface area contributed by atoms with Gasteiger partial charge in [-0.1, -0.05) is 32.3 Å². The predicted octanol–water partition coefficient (Wildman–Crippen LogP) is 2.07. The lowest BCUT2D eigenvalue weighted by Gasteiger charge is -2.20.